The van der Waals surface area contributed by atoms with Crippen LogP contribution >= 0.6 is 0 Å². The summed E-state index contributed by atoms with van der Waals surface area (Å²) in [5.41, 5.74) is 5.03. The average Bonchev–Trinajstić information content (AvgIpc) is 2.98. The van der Waals surface area contributed by atoms with Crippen molar-refractivity contribution in [1.82, 2.24) is 19.4 Å². The third-order valence-corrected chi connectivity index (χ3v) is 9.48. The SMILES string of the molecule is Cc1ccc(S(=O)(=O)N2CCN(Cc3cccc(C(=O)NCc4ccc(CN5CCOCC5)cc4)c3)CC2)cc1. The number of rotatable bonds is 9. The molecule has 0 aliphatic carbocycles. The molecule has 0 radical (unpaired) electrons. The molecule has 2 fully saturated rings. The zero-order valence-corrected chi connectivity index (χ0v) is 23.9. The first kappa shape index (κ1) is 28.4. The maximum atomic E-state index is 13.0. The van der Waals surface area contributed by atoms with Crippen LogP contribution in [0.25, 0.3) is 0 Å². The van der Waals surface area contributed by atoms with Crippen LogP contribution in [0.1, 0.15) is 32.6 Å². The van der Waals surface area contributed by atoms with Crippen LogP contribution in [0.15, 0.2) is 77.7 Å². The molecule has 40 heavy (non-hydrogen) atoms. The minimum Gasteiger partial charge on any atom is -0.379 e. The highest BCUT2D eigenvalue weighted by atomic mass is 32.2. The van der Waals surface area contributed by atoms with Gasteiger partial charge in [0.1, 0.15) is 0 Å². The fraction of sp³-hybridized carbons (Fsp3) is 0.387. The number of aryl methyl sites for hydroxylation is 1. The Bertz CT molecular complexity index is 1380. The molecule has 2 aliphatic heterocycles. The molecule has 8 nitrogen and oxygen atoms in total. The molecule has 3 aromatic rings. The van der Waals surface area contributed by atoms with E-state index >= 15 is 0 Å². The van der Waals surface area contributed by atoms with Gasteiger partial charge < -0.3 is 10.1 Å². The Hall–Kier alpha value is -3.08. The molecule has 9 heteroatoms. The number of hydrogen-bond donors (Lipinski definition) is 1. The number of amides is 1. The average molecular weight is 563 g/mol. The summed E-state index contributed by atoms with van der Waals surface area (Å²) < 4.78 is 33.0. The van der Waals surface area contributed by atoms with Crippen LogP contribution in [0.5, 0.6) is 0 Å². The number of benzene rings is 3. The third kappa shape index (κ3) is 7.35. The van der Waals surface area contributed by atoms with Gasteiger partial charge in [-0.25, -0.2) is 8.42 Å². The molecule has 0 unspecified atom stereocenters. The van der Waals surface area contributed by atoms with Gasteiger partial charge in [-0.05, 0) is 47.9 Å². The molecule has 3 aromatic carbocycles. The maximum Gasteiger partial charge on any atom is 0.251 e. The molecule has 2 aliphatic rings. The summed E-state index contributed by atoms with van der Waals surface area (Å²) in [5.74, 6) is -0.103. The van der Waals surface area contributed by atoms with Gasteiger partial charge in [0.05, 0.1) is 18.1 Å². The van der Waals surface area contributed by atoms with Crippen molar-refractivity contribution in [3.05, 3.63) is 101 Å². The number of nitrogens with one attached hydrogen (secondary N) is 1. The summed E-state index contributed by atoms with van der Waals surface area (Å²) in [6, 6.07) is 23.1. The number of ether oxygens (including phenoxy) is 1. The second-order valence-corrected chi connectivity index (χ2v) is 12.5. The van der Waals surface area contributed by atoms with Gasteiger partial charge in [0.25, 0.3) is 5.91 Å². The van der Waals surface area contributed by atoms with E-state index in [2.05, 4.69) is 39.4 Å². The first-order valence-corrected chi connectivity index (χ1v) is 15.3. The summed E-state index contributed by atoms with van der Waals surface area (Å²) in [6.45, 7) is 9.69. The number of nitrogens with zero attached hydrogens (tertiary/aromatic N) is 3. The molecular weight excluding hydrogens is 524 g/mol. The molecular formula is C31H38N4O4S. The quantitative estimate of drug-likeness (QED) is 0.431. The van der Waals surface area contributed by atoms with Crippen LogP contribution in [0, 0.1) is 6.92 Å². The summed E-state index contributed by atoms with van der Waals surface area (Å²) in [6.07, 6.45) is 0. The van der Waals surface area contributed by atoms with Crippen molar-refractivity contribution >= 4 is 15.9 Å². The monoisotopic (exact) mass is 562 g/mol. The van der Waals surface area contributed by atoms with Crippen LogP contribution in [0.4, 0.5) is 0 Å². The lowest BCUT2D eigenvalue weighted by molar-refractivity contribution is 0.0342. The second-order valence-electron chi connectivity index (χ2n) is 10.6. The molecule has 2 heterocycles. The Morgan fingerprint density at radius 2 is 1.40 bits per heavy atom. The summed E-state index contributed by atoms with van der Waals surface area (Å²) in [5, 5.41) is 3.04. The molecule has 212 valence electrons. The van der Waals surface area contributed by atoms with E-state index in [1.54, 1.807) is 16.4 Å². The smallest absolute Gasteiger partial charge is 0.251 e. The highest BCUT2D eigenvalue weighted by Crippen LogP contribution is 2.19. The van der Waals surface area contributed by atoms with E-state index in [0.29, 0.717) is 49.7 Å². The van der Waals surface area contributed by atoms with E-state index in [4.69, 9.17) is 4.74 Å². The van der Waals surface area contributed by atoms with E-state index in [0.717, 1.165) is 49.5 Å². The zero-order chi connectivity index (χ0) is 28.0. The van der Waals surface area contributed by atoms with E-state index < -0.39 is 10.0 Å². The van der Waals surface area contributed by atoms with Crippen molar-refractivity contribution in [2.75, 3.05) is 52.5 Å². The van der Waals surface area contributed by atoms with E-state index in [1.165, 1.54) is 5.56 Å². The predicted molar refractivity (Wildman–Crippen MR) is 155 cm³/mol. The highest BCUT2D eigenvalue weighted by Gasteiger charge is 2.28. The van der Waals surface area contributed by atoms with Gasteiger partial charge in [0.2, 0.25) is 10.0 Å². The van der Waals surface area contributed by atoms with E-state index in [-0.39, 0.29) is 5.91 Å². The van der Waals surface area contributed by atoms with Crippen LogP contribution < -0.4 is 5.32 Å². The van der Waals surface area contributed by atoms with Crippen molar-refractivity contribution in [3.63, 3.8) is 0 Å². The van der Waals surface area contributed by atoms with Crippen molar-refractivity contribution in [1.29, 1.82) is 0 Å². The zero-order valence-electron chi connectivity index (χ0n) is 23.1. The minimum atomic E-state index is -3.48. The first-order chi connectivity index (χ1) is 19.4. The normalized spacial score (nSPS) is 17.5. The lowest BCUT2D eigenvalue weighted by atomic mass is 10.1. The van der Waals surface area contributed by atoms with Gasteiger partial charge in [-0.15, -0.1) is 0 Å². The Morgan fingerprint density at radius 3 is 2.10 bits per heavy atom. The van der Waals surface area contributed by atoms with Gasteiger partial charge in [-0.3, -0.25) is 14.6 Å². The van der Waals surface area contributed by atoms with Gasteiger partial charge in [0, 0.05) is 64.5 Å². The summed E-state index contributed by atoms with van der Waals surface area (Å²) in [7, 11) is -3.48. The molecule has 5 rings (SSSR count). The lowest BCUT2D eigenvalue weighted by Gasteiger charge is -2.34. The van der Waals surface area contributed by atoms with Crippen LogP contribution in [-0.2, 0) is 34.4 Å². The van der Waals surface area contributed by atoms with Crippen molar-refractivity contribution in [3.8, 4) is 0 Å². The lowest BCUT2D eigenvalue weighted by Crippen LogP contribution is -2.48. The van der Waals surface area contributed by atoms with Gasteiger partial charge in [0.15, 0.2) is 0 Å². The number of carbonyl (C=O) groups excluding carboxylic acids is 1. The fourth-order valence-electron chi connectivity index (χ4n) is 5.12. The van der Waals surface area contributed by atoms with Crippen LogP contribution in [-0.4, -0.2) is 80.9 Å². The number of morpholine rings is 1. The molecule has 0 atom stereocenters. The standard InChI is InChI=1S/C31H38N4O4S/c1-25-5-11-30(12-6-25)40(37,38)35-15-13-33(14-16-35)24-28-3-2-4-29(21-28)31(36)32-22-26-7-9-27(10-8-26)23-34-17-19-39-20-18-34/h2-12,21H,13-20,22-24H2,1H3,(H,32,36). The number of hydrogen-bond acceptors (Lipinski definition) is 6. The van der Waals surface area contributed by atoms with Crippen molar-refractivity contribution in [2.45, 2.75) is 31.5 Å². The summed E-state index contributed by atoms with van der Waals surface area (Å²) >= 11 is 0. The number of piperazine rings is 1. The number of sulfonamides is 1. The Balaban J connectivity index is 1.10. The highest BCUT2D eigenvalue weighted by molar-refractivity contribution is 7.89. The molecule has 0 spiro atoms. The molecule has 1 N–H and O–H groups in total. The van der Waals surface area contributed by atoms with Crippen LogP contribution in [0.3, 0.4) is 0 Å². The largest absolute Gasteiger partial charge is 0.379 e. The Kier molecular flexibility index (Phi) is 9.29. The topological polar surface area (TPSA) is 82.2 Å². The summed E-state index contributed by atoms with van der Waals surface area (Å²) in [4.78, 5) is 17.8. The Morgan fingerprint density at radius 1 is 0.775 bits per heavy atom. The van der Waals surface area contributed by atoms with Gasteiger partial charge in [-0.2, -0.15) is 4.31 Å². The molecule has 0 aromatic heterocycles. The van der Waals surface area contributed by atoms with E-state index in [1.807, 2.05) is 43.3 Å². The van der Waals surface area contributed by atoms with Crippen molar-refractivity contribution < 1.29 is 17.9 Å². The van der Waals surface area contributed by atoms with Gasteiger partial charge in [-0.1, -0.05) is 54.1 Å². The van der Waals surface area contributed by atoms with Gasteiger partial charge >= 0.3 is 0 Å². The number of carbonyl (C=O) groups is 1. The second kappa shape index (κ2) is 13.1. The van der Waals surface area contributed by atoms with Crippen molar-refractivity contribution in [2.24, 2.45) is 0 Å². The fourth-order valence-corrected chi connectivity index (χ4v) is 6.54. The third-order valence-electron chi connectivity index (χ3n) is 7.57. The molecule has 0 bridgehead atoms. The Labute approximate surface area is 237 Å². The molecule has 2 saturated heterocycles. The minimum absolute atomic E-state index is 0.103. The molecule has 1 amide bonds. The molecule has 0 saturated carbocycles. The van der Waals surface area contributed by atoms with Crippen LogP contribution in [0.2, 0.25) is 0 Å². The maximum absolute atomic E-state index is 13.0. The first-order valence-electron chi connectivity index (χ1n) is 13.9. The predicted octanol–water partition coefficient (Wildman–Crippen LogP) is 3.26. The van der Waals surface area contributed by atoms with E-state index in [9.17, 15) is 13.2 Å².